The third kappa shape index (κ3) is 5.05. The number of carbonyl (C=O) groups excluding carboxylic acids is 1. The Bertz CT molecular complexity index is 1230. The minimum atomic E-state index is -0.371. The topological polar surface area (TPSA) is 68.2 Å². The van der Waals surface area contributed by atoms with Gasteiger partial charge in [0, 0.05) is 30.5 Å². The number of allylic oxidation sites excluding steroid dienone is 1. The van der Waals surface area contributed by atoms with Crippen molar-refractivity contribution in [3.8, 4) is 0 Å². The summed E-state index contributed by atoms with van der Waals surface area (Å²) in [6, 6.07) is 11.4. The van der Waals surface area contributed by atoms with Crippen molar-refractivity contribution >= 4 is 5.97 Å². The highest BCUT2D eigenvalue weighted by Gasteiger charge is 2.56. The van der Waals surface area contributed by atoms with E-state index in [0.29, 0.717) is 46.5 Å². The van der Waals surface area contributed by atoms with Gasteiger partial charge in [-0.1, -0.05) is 63.9 Å². The number of aliphatic hydroxyl groups excluding tert-OH is 1. The van der Waals surface area contributed by atoms with Crippen molar-refractivity contribution in [1.29, 1.82) is 0 Å². The molecule has 2 saturated heterocycles. The Balaban J connectivity index is 1.36. The zero-order chi connectivity index (χ0) is 28.8. The van der Waals surface area contributed by atoms with Gasteiger partial charge in [-0.3, -0.25) is 4.90 Å². The van der Waals surface area contributed by atoms with Crippen molar-refractivity contribution in [3.63, 3.8) is 0 Å². The maximum atomic E-state index is 12.5. The van der Waals surface area contributed by atoms with Crippen LogP contribution in [0.4, 0.5) is 0 Å². The molecule has 0 spiro atoms. The lowest BCUT2D eigenvalue weighted by Crippen LogP contribution is -2.60. The Labute approximate surface area is 245 Å². The van der Waals surface area contributed by atoms with E-state index in [1.165, 1.54) is 18.4 Å². The van der Waals surface area contributed by atoms with E-state index >= 15 is 0 Å². The van der Waals surface area contributed by atoms with E-state index in [1.807, 2.05) is 0 Å². The second-order valence-electron chi connectivity index (χ2n) is 13.4. The molecule has 6 nitrogen and oxygen atoms in total. The number of methoxy groups -OCH3 is 1. The highest BCUT2D eigenvalue weighted by atomic mass is 16.6. The first-order valence-electron chi connectivity index (χ1n) is 15.9. The van der Waals surface area contributed by atoms with E-state index in [4.69, 9.17) is 14.2 Å². The standard InChI is InChI=1S/C35H47NO5/c1-20(2)11-9-14-28(37)31-25-17-16-24(23-12-7-6-8-13-23)26(25)19-27-30-21(3)33(40-29(30)15-10-18-36(27)31)34-32(39-5)22(4)35(38)41-34/h6-8,12-13,15,20-21,24-28,30-31,37H,9-11,14,16-19H2,1-5H3/b34-33+/t21-,24+,25-,26+,27-,28-,30+,31-/m0/s1. The fraction of sp³-hybridized carbons (Fsp3) is 0.629. The number of esters is 1. The third-order valence-corrected chi connectivity index (χ3v) is 10.7. The Kier molecular flexibility index (Phi) is 8.08. The third-order valence-electron chi connectivity index (χ3n) is 10.7. The number of piperidine rings is 1. The summed E-state index contributed by atoms with van der Waals surface area (Å²) in [5.41, 5.74) is 1.92. The molecule has 0 amide bonds. The molecule has 4 heterocycles. The predicted molar refractivity (Wildman–Crippen MR) is 158 cm³/mol. The van der Waals surface area contributed by atoms with Crippen molar-refractivity contribution in [3.05, 3.63) is 70.6 Å². The lowest BCUT2D eigenvalue weighted by Gasteiger charge is -2.52. The first kappa shape index (κ1) is 28.5. The smallest absolute Gasteiger partial charge is 0.343 e. The van der Waals surface area contributed by atoms with Crippen molar-refractivity contribution in [2.24, 2.45) is 29.6 Å². The summed E-state index contributed by atoms with van der Waals surface area (Å²) in [6.07, 6.45) is 9.31. The van der Waals surface area contributed by atoms with Crippen molar-refractivity contribution in [1.82, 2.24) is 4.90 Å². The number of aliphatic hydroxyl groups is 1. The van der Waals surface area contributed by atoms with Crippen LogP contribution in [-0.4, -0.2) is 47.8 Å². The Morgan fingerprint density at radius 3 is 2.61 bits per heavy atom. The first-order chi connectivity index (χ1) is 19.8. The molecule has 5 aliphatic rings. The van der Waals surface area contributed by atoms with Gasteiger partial charge in [-0.2, -0.15) is 0 Å². The van der Waals surface area contributed by atoms with Crippen LogP contribution in [0.15, 0.2) is 65.0 Å². The molecule has 222 valence electrons. The molecule has 1 N–H and O–H groups in total. The van der Waals surface area contributed by atoms with Crippen molar-refractivity contribution in [2.45, 2.75) is 96.7 Å². The van der Waals surface area contributed by atoms with Gasteiger partial charge in [0.25, 0.3) is 0 Å². The average molecular weight is 562 g/mol. The number of cyclic esters (lactones) is 1. The molecule has 0 bridgehead atoms. The number of carbonyl (C=O) groups is 1. The molecule has 1 saturated carbocycles. The molecule has 1 aromatic carbocycles. The van der Waals surface area contributed by atoms with Crippen molar-refractivity contribution in [2.75, 3.05) is 13.7 Å². The van der Waals surface area contributed by atoms with Gasteiger partial charge in [-0.15, -0.1) is 0 Å². The Morgan fingerprint density at radius 1 is 1.10 bits per heavy atom. The summed E-state index contributed by atoms with van der Waals surface area (Å²) in [5.74, 6) is 4.57. The minimum absolute atomic E-state index is 0.0255. The summed E-state index contributed by atoms with van der Waals surface area (Å²) < 4.78 is 17.9. The summed E-state index contributed by atoms with van der Waals surface area (Å²) in [5, 5.41) is 11.9. The molecule has 0 radical (unpaired) electrons. The molecule has 6 heteroatoms. The van der Waals surface area contributed by atoms with E-state index in [-0.39, 0.29) is 36.0 Å². The van der Waals surface area contributed by atoms with Gasteiger partial charge >= 0.3 is 5.97 Å². The number of hydrogen-bond donors (Lipinski definition) is 1. The number of rotatable bonds is 7. The van der Waals surface area contributed by atoms with E-state index in [0.717, 1.165) is 44.4 Å². The van der Waals surface area contributed by atoms with Crippen LogP contribution in [0.25, 0.3) is 0 Å². The quantitative estimate of drug-likeness (QED) is 0.374. The number of nitrogens with zero attached hydrogens (tertiary/aromatic N) is 1. The molecular formula is C35H47NO5. The Hall–Kier alpha value is -2.57. The van der Waals surface area contributed by atoms with Crippen LogP contribution >= 0.6 is 0 Å². The highest BCUT2D eigenvalue weighted by Crippen LogP contribution is 2.57. The van der Waals surface area contributed by atoms with Crippen LogP contribution in [0.5, 0.6) is 0 Å². The maximum absolute atomic E-state index is 12.5. The maximum Gasteiger partial charge on any atom is 0.343 e. The zero-order valence-corrected chi connectivity index (χ0v) is 25.3. The molecule has 1 aromatic rings. The number of benzene rings is 1. The summed E-state index contributed by atoms with van der Waals surface area (Å²) in [7, 11) is 1.58. The fourth-order valence-corrected chi connectivity index (χ4v) is 8.83. The molecule has 0 unspecified atom stereocenters. The number of fused-ring (bicyclic) bond motifs is 4. The average Bonchev–Trinajstić information content (AvgIpc) is 3.56. The van der Waals surface area contributed by atoms with Gasteiger partial charge in [-0.05, 0) is 74.3 Å². The minimum Gasteiger partial charge on any atom is -0.492 e. The van der Waals surface area contributed by atoms with Gasteiger partial charge in [0.05, 0.1) is 18.8 Å². The van der Waals surface area contributed by atoms with E-state index in [1.54, 1.807) is 14.0 Å². The number of hydrogen-bond acceptors (Lipinski definition) is 6. The highest BCUT2D eigenvalue weighted by molar-refractivity contribution is 5.93. The van der Waals surface area contributed by atoms with Crippen LogP contribution in [-0.2, 0) is 19.0 Å². The lowest BCUT2D eigenvalue weighted by molar-refractivity contribution is -0.133. The first-order valence-corrected chi connectivity index (χ1v) is 15.9. The van der Waals surface area contributed by atoms with Crippen LogP contribution < -0.4 is 0 Å². The molecule has 4 aliphatic heterocycles. The largest absolute Gasteiger partial charge is 0.492 e. The van der Waals surface area contributed by atoms with Gasteiger partial charge in [0.15, 0.2) is 11.5 Å². The molecule has 6 rings (SSSR count). The second-order valence-corrected chi connectivity index (χ2v) is 13.4. The summed E-state index contributed by atoms with van der Waals surface area (Å²) in [4.78, 5) is 15.1. The van der Waals surface area contributed by atoms with Gasteiger partial charge < -0.3 is 19.3 Å². The van der Waals surface area contributed by atoms with Crippen LogP contribution in [0.3, 0.4) is 0 Å². The van der Waals surface area contributed by atoms with Crippen LogP contribution in [0, 0.1) is 29.6 Å². The van der Waals surface area contributed by atoms with E-state index in [2.05, 4.69) is 62.1 Å². The van der Waals surface area contributed by atoms with Gasteiger partial charge in [-0.25, -0.2) is 4.79 Å². The van der Waals surface area contributed by atoms with Gasteiger partial charge in [0.2, 0.25) is 5.76 Å². The molecule has 0 aromatic heterocycles. The van der Waals surface area contributed by atoms with Crippen molar-refractivity contribution < 1.29 is 24.1 Å². The molecule has 1 aliphatic carbocycles. The van der Waals surface area contributed by atoms with E-state index in [9.17, 15) is 9.90 Å². The second kappa shape index (κ2) is 11.6. The summed E-state index contributed by atoms with van der Waals surface area (Å²) >= 11 is 0. The lowest BCUT2D eigenvalue weighted by atomic mass is 9.68. The Morgan fingerprint density at radius 2 is 1.88 bits per heavy atom. The zero-order valence-electron chi connectivity index (χ0n) is 25.3. The molecular weight excluding hydrogens is 514 g/mol. The van der Waals surface area contributed by atoms with Crippen LogP contribution in [0.2, 0.25) is 0 Å². The predicted octanol–water partition coefficient (Wildman–Crippen LogP) is 6.69. The number of ether oxygens (including phenoxy) is 3. The molecule has 41 heavy (non-hydrogen) atoms. The summed E-state index contributed by atoms with van der Waals surface area (Å²) in [6.45, 7) is 9.42. The molecule has 3 fully saturated rings. The monoisotopic (exact) mass is 561 g/mol. The normalized spacial score (nSPS) is 35.8. The van der Waals surface area contributed by atoms with Gasteiger partial charge in [0.1, 0.15) is 5.76 Å². The fourth-order valence-electron chi connectivity index (χ4n) is 8.83. The molecule has 8 atom stereocenters. The SMILES string of the molecule is COC1=C(C)C(=O)O/C1=C1/OC2=CCCN3[C@H]([C@@H](O)CCCC(C)C)[C@H]4CC[C@H](c5ccccc5)[C@H]4C[C@H]3[C@H]2[C@@H]1C. The van der Waals surface area contributed by atoms with E-state index < -0.39 is 0 Å². The van der Waals surface area contributed by atoms with Crippen LogP contribution in [0.1, 0.15) is 84.1 Å².